The topological polar surface area (TPSA) is 45.5 Å². The molecule has 0 N–H and O–H groups in total. The molecule has 2 aliphatic rings. The summed E-state index contributed by atoms with van der Waals surface area (Å²) in [5, 5.41) is 9.20. The first-order valence-corrected chi connectivity index (χ1v) is 8.37. The van der Waals surface area contributed by atoms with Gasteiger partial charge in [0.15, 0.2) is 0 Å². The Labute approximate surface area is 143 Å². The standard InChI is InChI=1S/C18H24BFN2O2/c1-16(2)17(3,4)24-19(23-16)13-6-7-15(14(20)10-13)22(5)12-18(11-21)8-9-18/h6-7,10H,8-9,12H2,1-5H3. The molecule has 0 unspecified atom stereocenters. The monoisotopic (exact) mass is 330 g/mol. The molecule has 4 nitrogen and oxygen atoms in total. The van der Waals surface area contributed by atoms with Crippen molar-refractivity contribution in [3.8, 4) is 6.07 Å². The van der Waals surface area contributed by atoms with E-state index in [9.17, 15) is 9.65 Å². The van der Waals surface area contributed by atoms with Crippen molar-refractivity contribution < 1.29 is 13.7 Å². The second-order valence-corrected chi connectivity index (χ2v) is 8.05. The first kappa shape index (κ1) is 17.3. The van der Waals surface area contributed by atoms with Crippen molar-refractivity contribution in [2.24, 2.45) is 5.41 Å². The number of anilines is 1. The zero-order chi connectivity index (χ0) is 17.8. The molecule has 24 heavy (non-hydrogen) atoms. The Hall–Kier alpha value is -1.58. The van der Waals surface area contributed by atoms with Crippen LogP contribution in [0.25, 0.3) is 0 Å². The molecule has 1 saturated carbocycles. The number of benzene rings is 1. The van der Waals surface area contributed by atoms with Crippen LogP contribution in [0, 0.1) is 22.6 Å². The van der Waals surface area contributed by atoms with Crippen LogP contribution in [0.3, 0.4) is 0 Å². The van der Waals surface area contributed by atoms with Crippen molar-refractivity contribution in [2.45, 2.75) is 51.7 Å². The molecule has 1 heterocycles. The van der Waals surface area contributed by atoms with Crippen LogP contribution in [-0.2, 0) is 9.31 Å². The molecule has 0 bridgehead atoms. The van der Waals surface area contributed by atoms with Crippen molar-refractivity contribution in [2.75, 3.05) is 18.5 Å². The highest BCUT2D eigenvalue weighted by atomic mass is 19.1. The van der Waals surface area contributed by atoms with Crippen LogP contribution in [0.5, 0.6) is 0 Å². The van der Waals surface area contributed by atoms with Gasteiger partial charge in [-0.2, -0.15) is 5.26 Å². The molecule has 1 aromatic carbocycles. The van der Waals surface area contributed by atoms with E-state index >= 15 is 0 Å². The number of nitrogens with zero attached hydrogens (tertiary/aromatic N) is 2. The quantitative estimate of drug-likeness (QED) is 0.797. The van der Waals surface area contributed by atoms with Crippen molar-refractivity contribution in [1.29, 1.82) is 5.26 Å². The molecule has 6 heteroatoms. The summed E-state index contributed by atoms with van der Waals surface area (Å²) < 4.78 is 26.5. The SMILES string of the molecule is CN(CC1(C#N)CC1)c1ccc(B2OC(C)(C)C(C)(C)O2)cc1F. The third kappa shape index (κ3) is 2.91. The summed E-state index contributed by atoms with van der Waals surface area (Å²) in [6.07, 6.45) is 1.78. The number of hydrogen-bond acceptors (Lipinski definition) is 4. The van der Waals surface area contributed by atoms with Gasteiger partial charge in [0.2, 0.25) is 0 Å². The Kier molecular flexibility index (Phi) is 3.93. The summed E-state index contributed by atoms with van der Waals surface area (Å²) in [5.41, 5.74) is -0.0312. The number of halogens is 1. The number of hydrogen-bond donors (Lipinski definition) is 0. The van der Waals surface area contributed by atoms with E-state index in [4.69, 9.17) is 9.31 Å². The predicted octanol–water partition coefficient (Wildman–Crippen LogP) is 2.86. The van der Waals surface area contributed by atoms with Gasteiger partial charge in [0.05, 0.1) is 28.4 Å². The maximum Gasteiger partial charge on any atom is 0.494 e. The zero-order valence-electron chi connectivity index (χ0n) is 15.0. The zero-order valence-corrected chi connectivity index (χ0v) is 15.0. The predicted molar refractivity (Wildman–Crippen MR) is 92.7 cm³/mol. The molecular weight excluding hydrogens is 306 g/mol. The fourth-order valence-corrected chi connectivity index (χ4v) is 2.95. The summed E-state index contributed by atoms with van der Waals surface area (Å²) >= 11 is 0. The lowest BCUT2D eigenvalue weighted by Crippen LogP contribution is -2.41. The molecule has 0 amide bonds. The average Bonchev–Trinajstić information content (AvgIpc) is 3.21. The Morgan fingerprint density at radius 2 is 1.79 bits per heavy atom. The number of rotatable bonds is 4. The van der Waals surface area contributed by atoms with E-state index in [1.54, 1.807) is 6.07 Å². The molecule has 1 aliphatic carbocycles. The van der Waals surface area contributed by atoms with Gasteiger partial charge in [-0.3, -0.25) is 0 Å². The smallest absolute Gasteiger partial charge is 0.399 e. The minimum atomic E-state index is -0.572. The third-order valence-corrected chi connectivity index (χ3v) is 5.54. The lowest BCUT2D eigenvalue weighted by atomic mass is 9.79. The Balaban J connectivity index is 1.77. The molecule has 1 aliphatic heterocycles. The van der Waals surface area contributed by atoms with Crippen molar-refractivity contribution >= 4 is 18.3 Å². The second-order valence-electron chi connectivity index (χ2n) is 8.05. The minimum Gasteiger partial charge on any atom is -0.399 e. The molecule has 0 radical (unpaired) electrons. The van der Waals surface area contributed by atoms with Crippen LogP contribution in [0.4, 0.5) is 10.1 Å². The van der Waals surface area contributed by atoms with Gasteiger partial charge in [0, 0.05) is 13.6 Å². The third-order valence-electron chi connectivity index (χ3n) is 5.54. The van der Waals surface area contributed by atoms with Crippen LogP contribution in [0.15, 0.2) is 18.2 Å². The van der Waals surface area contributed by atoms with Gasteiger partial charge in [0.25, 0.3) is 0 Å². The van der Waals surface area contributed by atoms with Gasteiger partial charge in [-0.1, -0.05) is 6.07 Å². The summed E-state index contributed by atoms with van der Waals surface area (Å²) in [7, 11) is 1.25. The van der Waals surface area contributed by atoms with E-state index in [-0.39, 0.29) is 11.2 Å². The largest absolute Gasteiger partial charge is 0.494 e. The molecule has 3 rings (SSSR count). The Bertz CT molecular complexity index is 679. The summed E-state index contributed by atoms with van der Waals surface area (Å²) in [6, 6.07) is 7.39. The van der Waals surface area contributed by atoms with Crippen LogP contribution >= 0.6 is 0 Å². The van der Waals surface area contributed by atoms with E-state index in [1.807, 2.05) is 45.7 Å². The highest BCUT2D eigenvalue weighted by Gasteiger charge is 2.52. The molecule has 0 spiro atoms. The van der Waals surface area contributed by atoms with Crippen LogP contribution < -0.4 is 10.4 Å². The summed E-state index contributed by atoms with van der Waals surface area (Å²) in [6.45, 7) is 8.45. The lowest BCUT2D eigenvalue weighted by Gasteiger charge is -2.32. The molecule has 1 aromatic rings. The van der Waals surface area contributed by atoms with Gasteiger partial charge in [0.1, 0.15) is 5.82 Å². The highest BCUT2D eigenvalue weighted by Crippen LogP contribution is 2.46. The minimum absolute atomic E-state index is 0.300. The number of nitriles is 1. The van der Waals surface area contributed by atoms with Gasteiger partial charge < -0.3 is 14.2 Å². The van der Waals surface area contributed by atoms with Crippen molar-refractivity contribution in [1.82, 2.24) is 0 Å². The summed E-state index contributed by atoms with van der Waals surface area (Å²) in [4.78, 5) is 1.82. The van der Waals surface area contributed by atoms with Gasteiger partial charge in [-0.05, 0) is 58.1 Å². The van der Waals surface area contributed by atoms with Gasteiger partial charge in [-0.25, -0.2) is 4.39 Å². The Morgan fingerprint density at radius 3 is 2.25 bits per heavy atom. The Morgan fingerprint density at radius 1 is 1.21 bits per heavy atom. The second kappa shape index (κ2) is 5.47. The molecule has 1 saturated heterocycles. The van der Waals surface area contributed by atoms with Crippen LogP contribution in [0.1, 0.15) is 40.5 Å². The fourth-order valence-electron chi connectivity index (χ4n) is 2.95. The van der Waals surface area contributed by atoms with Gasteiger partial charge >= 0.3 is 7.12 Å². The maximum atomic E-state index is 14.6. The van der Waals surface area contributed by atoms with Crippen LogP contribution in [0.2, 0.25) is 0 Å². The highest BCUT2D eigenvalue weighted by molar-refractivity contribution is 6.62. The van der Waals surface area contributed by atoms with E-state index in [0.29, 0.717) is 17.7 Å². The molecule has 128 valence electrons. The normalized spacial score (nSPS) is 23.0. The van der Waals surface area contributed by atoms with Gasteiger partial charge in [-0.15, -0.1) is 0 Å². The molecular formula is C18H24BFN2O2. The molecule has 0 atom stereocenters. The maximum absolute atomic E-state index is 14.6. The van der Waals surface area contributed by atoms with E-state index in [1.165, 1.54) is 6.07 Å². The van der Waals surface area contributed by atoms with E-state index in [0.717, 1.165) is 12.8 Å². The average molecular weight is 330 g/mol. The first-order chi connectivity index (χ1) is 11.1. The fraction of sp³-hybridized carbons (Fsp3) is 0.611. The molecule has 2 fully saturated rings. The van der Waals surface area contributed by atoms with Crippen LogP contribution in [-0.4, -0.2) is 31.9 Å². The molecule has 0 aromatic heterocycles. The lowest BCUT2D eigenvalue weighted by molar-refractivity contribution is 0.00578. The first-order valence-electron chi connectivity index (χ1n) is 8.37. The van der Waals surface area contributed by atoms with Crippen molar-refractivity contribution in [3.05, 3.63) is 24.0 Å². The van der Waals surface area contributed by atoms with E-state index < -0.39 is 18.3 Å². The summed E-state index contributed by atoms with van der Waals surface area (Å²) in [5.74, 6) is -0.321. The van der Waals surface area contributed by atoms with Crippen molar-refractivity contribution in [3.63, 3.8) is 0 Å². The van der Waals surface area contributed by atoms with E-state index in [2.05, 4.69) is 6.07 Å².